The van der Waals surface area contributed by atoms with E-state index < -0.39 is 48.2 Å². The van der Waals surface area contributed by atoms with Crippen LogP contribution in [0.1, 0.15) is 67.9 Å². The number of aromatic amines is 1. The highest BCUT2D eigenvalue weighted by atomic mass is 16.6. The molecule has 0 spiro atoms. The van der Waals surface area contributed by atoms with Gasteiger partial charge in [0.05, 0.1) is 59.9 Å². The number of carbonyl (C=O) groups is 6. The molecular formula is C60H82N14O14. The molecule has 0 aliphatic carbocycles. The zero-order chi connectivity index (χ0) is 63.0. The lowest BCUT2D eigenvalue weighted by Crippen LogP contribution is -2.54. The van der Waals surface area contributed by atoms with Crippen LogP contribution in [0.15, 0.2) is 83.7 Å². The monoisotopic (exact) mass is 1220 g/mol. The van der Waals surface area contributed by atoms with Crippen molar-refractivity contribution in [2.45, 2.75) is 91.1 Å². The average molecular weight is 1220 g/mol. The Bertz CT molecular complexity index is 3200. The van der Waals surface area contributed by atoms with E-state index in [1.165, 1.54) is 21.6 Å². The molecule has 2 aromatic heterocycles. The van der Waals surface area contributed by atoms with Gasteiger partial charge in [-0.05, 0) is 72.2 Å². The normalized spacial score (nSPS) is 14.9. The minimum Gasteiger partial charge on any atom is -0.496 e. The number of anilines is 2. The van der Waals surface area contributed by atoms with Crippen molar-refractivity contribution < 1.29 is 62.3 Å². The summed E-state index contributed by atoms with van der Waals surface area (Å²) in [5, 5.41) is 24.1. The second-order valence-electron chi connectivity index (χ2n) is 21.3. The number of benzene rings is 3. The van der Waals surface area contributed by atoms with Crippen molar-refractivity contribution in [1.82, 2.24) is 55.5 Å². The van der Waals surface area contributed by atoms with E-state index in [0.717, 1.165) is 28.8 Å². The SMILES string of the molecule is CCOc1nc(N)c2[nH]c(=O)n(Cc3ccc(CNCc4ccc(CN5CCN(C(=O)OCc6ccc(NC(=O)[C@H](CCCNC(N)=O)NC(=O)[C@@H](NC(=O)CCOCCOCCOCCN7C(=O)C=CC7O)C(C)C)cc6)CC5)cc4)cc3OC)c2n1. The number of aliphatic hydroxyl groups excluding tert-OH is 1. The molecule has 5 aromatic rings. The molecule has 0 saturated carbocycles. The highest BCUT2D eigenvalue weighted by Crippen LogP contribution is 2.25. The highest BCUT2D eigenvalue weighted by Gasteiger charge is 2.30. The molecule has 1 fully saturated rings. The predicted molar refractivity (Wildman–Crippen MR) is 324 cm³/mol. The first-order valence-electron chi connectivity index (χ1n) is 29.4. The summed E-state index contributed by atoms with van der Waals surface area (Å²) in [4.78, 5) is 106. The molecule has 28 nitrogen and oxygen atoms in total. The standard InChI is InChI=1S/C60H82N14O14/c1-5-87-58-69-53(61)52-54(70-58)74(59(81)68-52)37-44-15-12-43(33-47(44)83-4)35-63-34-40-8-10-41(11-9-40)36-71-22-24-72(25-23-71)60(82)88-38-42-13-16-45(17-14-42)65-55(78)46(7-6-21-64-57(62)80)66-56(79)51(39(2)3)67-48(75)20-27-84-29-31-86-32-30-85-28-26-73-49(76)18-19-50(73)77/h8-19,33,39,46,49,51,63,76H,5-7,20-32,34-38H2,1-4H3,(H,65,78)(H,66,79)(H,67,75)(H,68,81)(H2,61,69,70)(H3,62,64,80)/t46-,49?,51-/m0/s1. The first-order valence-corrected chi connectivity index (χ1v) is 29.4. The number of nitrogens with one attached hydrogen (secondary N) is 6. The quantitative estimate of drug-likeness (QED) is 0.0262. The Kier molecular flexibility index (Phi) is 25.8. The van der Waals surface area contributed by atoms with Crippen molar-refractivity contribution in [2.75, 3.05) is 104 Å². The molecule has 3 aromatic carbocycles. The summed E-state index contributed by atoms with van der Waals surface area (Å²) in [6.45, 7) is 12.0. The fourth-order valence-electron chi connectivity index (χ4n) is 9.62. The summed E-state index contributed by atoms with van der Waals surface area (Å²) in [7, 11) is 1.59. The molecule has 0 radical (unpaired) electrons. The molecule has 7 rings (SSSR count). The summed E-state index contributed by atoms with van der Waals surface area (Å²) in [5.41, 5.74) is 16.8. The number of hydrogen-bond donors (Lipinski definition) is 9. The first-order chi connectivity index (χ1) is 42.5. The number of carbonyl (C=O) groups excluding carboxylic acids is 6. The Labute approximate surface area is 509 Å². The van der Waals surface area contributed by atoms with E-state index in [2.05, 4.69) is 70.7 Å². The number of urea groups is 1. The van der Waals surface area contributed by atoms with Crippen LogP contribution in [-0.4, -0.2) is 186 Å². The first kappa shape index (κ1) is 66.8. The number of nitrogen functional groups attached to an aromatic ring is 1. The number of H-pyrrole nitrogens is 1. The van der Waals surface area contributed by atoms with Gasteiger partial charge in [-0.1, -0.05) is 62.4 Å². The smallest absolute Gasteiger partial charge is 0.410 e. The van der Waals surface area contributed by atoms with Crippen LogP contribution in [0.2, 0.25) is 0 Å². The molecule has 7 amide bonds. The number of hydrogen-bond acceptors (Lipinski definition) is 19. The summed E-state index contributed by atoms with van der Waals surface area (Å²) >= 11 is 0. The van der Waals surface area contributed by atoms with Crippen LogP contribution in [0.4, 0.5) is 21.1 Å². The molecule has 2 aliphatic heterocycles. The zero-order valence-corrected chi connectivity index (χ0v) is 50.3. The van der Waals surface area contributed by atoms with Crippen molar-refractivity contribution >= 4 is 58.4 Å². The fraction of sp³-hybridized carbons (Fsp3) is 0.483. The summed E-state index contributed by atoms with van der Waals surface area (Å²) in [5.74, 6) is -1.38. The Balaban J connectivity index is 0.778. The van der Waals surface area contributed by atoms with E-state index >= 15 is 0 Å². The second-order valence-corrected chi connectivity index (χ2v) is 21.3. The van der Waals surface area contributed by atoms with Gasteiger partial charge in [-0.2, -0.15) is 9.97 Å². The van der Waals surface area contributed by atoms with E-state index in [-0.39, 0.29) is 108 Å². The maximum atomic E-state index is 13.7. The van der Waals surface area contributed by atoms with Gasteiger partial charge in [-0.15, -0.1) is 0 Å². The number of aromatic nitrogens is 4. The number of primary amides is 1. The number of amides is 7. The van der Waals surface area contributed by atoms with E-state index in [1.807, 2.05) is 25.1 Å². The van der Waals surface area contributed by atoms with Gasteiger partial charge in [0.1, 0.15) is 36.2 Å². The molecule has 4 heterocycles. The van der Waals surface area contributed by atoms with Gasteiger partial charge in [0, 0.05) is 82.7 Å². The Morgan fingerprint density at radius 1 is 0.807 bits per heavy atom. The second kappa shape index (κ2) is 34.0. The molecular weight excluding hydrogens is 1140 g/mol. The van der Waals surface area contributed by atoms with Crippen LogP contribution in [0.25, 0.3) is 11.2 Å². The van der Waals surface area contributed by atoms with Crippen molar-refractivity contribution in [3.63, 3.8) is 0 Å². The van der Waals surface area contributed by atoms with Gasteiger partial charge in [-0.3, -0.25) is 28.6 Å². The molecule has 3 atom stereocenters. The number of rotatable bonds is 35. The molecule has 28 heteroatoms. The summed E-state index contributed by atoms with van der Waals surface area (Å²) in [6, 6.07) is 18.4. The minimum atomic E-state index is -1.05. The van der Waals surface area contributed by atoms with E-state index in [1.54, 1.807) is 50.1 Å². The third-order valence-corrected chi connectivity index (χ3v) is 14.5. The number of aliphatic hydroxyl groups is 1. The van der Waals surface area contributed by atoms with Gasteiger partial charge < -0.3 is 86.4 Å². The molecule has 2 aliphatic rings. The van der Waals surface area contributed by atoms with E-state index in [4.69, 9.17) is 39.9 Å². The fourth-order valence-corrected chi connectivity index (χ4v) is 9.62. The summed E-state index contributed by atoms with van der Waals surface area (Å²) < 4.78 is 34.8. The van der Waals surface area contributed by atoms with Crippen LogP contribution < -0.4 is 53.2 Å². The largest absolute Gasteiger partial charge is 0.496 e. The number of nitrogens with two attached hydrogens (primary N) is 2. The topological polar surface area (TPSA) is 364 Å². The lowest BCUT2D eigenvalue weighted by Gasteiger charge is -2.34. The molecule has 0 bridgehead atoms. The Morgan fingerprint density at radius 2 is 1.48 bits per heavy atom. The van der Waals surface area contributed by atoms with Crippen molar-refractivity contribution in [2.24, 2.45) is 11.7 Å². The molecule has 11 N–H and O–H groups in total. The zero-order valence-electron chi connectivity index (χ0n) is 50.3. The van der Waals surface area contributed by atoms with Crippen LogP contribution in [-0.2, 0) is 70.9 Å². The Morgan fingerprint density at radius 3 is 2.15 bits per heavy atom. The highest BCUT2D eigenvalue weighted by molar-refractivity contribution is 5.98. The number of fused-ring (bicyclic) bond motifs is 1. The number of methoxy groups -OCH3 is 1. The third kappa shape index (κ3) is 20.5. The van der Waals surface area contributed by atoms with Gasteiger partial charge in [-0.25, -0.2) is 14.4 Å². The van der Waals surface area contributed by atoms with Crippen LogP contribution in [0, 0.1) is 5.92 Å². The van der Waals surface area contributed by atoms with Gasteiger partial charge in [0.15, 0.2) is 11.5 Å². The number of ether oxygens (including phenoxy) is 6. The van der Waals surface area contributed by atoms with E-state index in [9.17, 15) is 38.7 Å². The number of nitrogens with zero attached hydrogens (tertiary/aromatic N) is 6. The van der Waals surface area contributed by atoms with Crippen LogP contribution in [0.3, 0.4) is 0 Å². The lowest BCUT2D eigenvalue weighted by molar-refractivity contribution is -0.132. The minimum absolute atomic E-state index is 0.0107. The van der Waals surface area contributed by atoms with Crippen molar-refractivity contribution in [3.8, 4) is 11.8 Å². The van der Waals surface area contributed by atoms with Crippen molar-refractivity contribution in [1.29, 1.82) is 0 Å². The molecule has 1 unspecified atom stereocenters. The lowest BCUT2D eigenvalue weighted by atomic mass is 10.0. The maximum Gasteiger partial charge on any atom is 0.410 e. The third-order valence-electron chi connectivity index (χ3n) is 14.5. The van der Waals surface area contributed by atoms with E-state index in [0.29, 0.717) is 80.5 Å². The summed E-state index contributed by atoms with van der Waals surface area (Å²) in [6.07, 6.45) is 1.77. The number of imidazole rings is 1. The predicted octanol–water partition coefficient (Wildman–Crippen LogP) is 2.07. The van der Waals surface area contributed by atoms with Gasteiger partial charge in [0.2, 0.25) is 23.6 Å². The van der Waals surface area contributed by atoms with Gasteiger partial charge >= 0.3 is 23.8 Å². The average Bonchev–Trinajstić information content (AvgIpc) is 2.32. The molecule has 88 heavy (non-hydrogen) atoms. The van der Waals surface area contributed by atoms with Crippen molar-refractivity contribution in [3.05, 3.63) is 117 Å². The maximum absolute atomic E-state index is 13.7. The Hall–Kier alpha value is -8.67. The molecule has 476 valence electrons. The number of piperazine rings is 1. The van der Waals surface area contributed by atoms with Gasteiger partial charge in [0.25, 0.3) is 0 Å². The van der Waals surface area contributed by atoms with Crippen LogP contribution in [0.5, 0.6) is 11.8 Å². The van der Waals surface area contributed by atoms with Crippen LogP contribution >= 0.6 is 0 Å². The molecule has 1 saturated heterocycles.